The van der Waals surface area contributed by atoms with Crippen LogP contribution in [-0.2, 0) is 16.1 Å². The molecule has 0 saturated carbocycles. The molecule has 1 N–H and O–H groups in total. The minimum atomic E-state index is -0.621. The van der Waals surface area contributed by atoms with Crippen molar-refractivity contribution >= 4 is 29.3 Å². The van der Waals surface area contributed by atoms with Gasteiger partial charge in [-0.1, -0.05) is 41.9 Å². The van der Waals surface area contributed by atoms with E-state index in [0.29, 0.717) is 35.2 Å². The molecule has 0 radical (unpaired) electrons. The van der Waals surface area contributed by atoms with Crippen LogP contribution in [0.25, 0.3) is 0 Å². The zero-order chi connectivity index (χ0) is 20.8. The quantitative estimate of drug-likeness (QED) is 0.764. The molecule has 2 aromatic carbocycles. The Labute approximate surface area is 174 Å². The van der Waals surface area contributed by atoms with Gasteiger partial charge in [0.15, 0.2) is 0 Å². The fourth-order valence-corrected chi connectivity index (χ4v) is 3.47. The van der Waals surface area contributed by atoms with E-state index >= 15 is 0 Å². The Kier molecular flexibility index (Phi) is 6.82. The molecule has 2 amide bonds. The minimum absolute atomic E-state index is 0.159. The fourth-order valence-electron chi connectivity index (χ4n) is 3.23. The molecular formula is C21H23ClN2O5. The van der Waals surface area contributed by atoms with Crippen LogP contribution in [0, 0.1) is 0 Å². The van der Waals surface area contributed by atoms with E-state index in [4.69, 9.17) is 25.8 Å². The summed E-state index contributed by atoms with van der Waals surface area (Å²) < 4.78 is 15.9. The van der Waals surface area contributed by atoms with Gasteiger partial charge in [-0.15, -0.1) is 0 Å². The summed E-state index contributed by atoms with van der Waals surface area (Å²) in [4.78, 5) is 26.8. The Morgan fingerprint density at radius 2 is 1.86 bits per heavy atom. The molecule has 3 rings (SSSR count). The van der Waals surface area contributed by atoms with Crippen LogP contribution in [0.4, 0.5) is 10.5 Å². The number of likely N-dealkylation sites (tertiary alicyclic amines) is 1. The molecule has 1 unspecified atom stereocenters. The number of ether oxygens (including phenoxy) is 3. The molecule has 0 bridgehead atoms. The molecule has 29 heavy (non-hydrogen) atoms. The predicted octanol–water partition coefficient (Wildman–Crippen LogP) is 4.10. The Morgan fingerprint density at radius 1 is 1.14 bits per heavy atom. The van der Waals surface area contributed by atoms with Gasteiger partial charge in [-0.3, -0.25) is 9.69 Å². The first-order valence-corrected chi connectivity index (χ1v) is 9.61. The molecule has 7 nitrogen and oxygen atoms in total. The third-order valence-corrected chi connectivity index (χ3v) is 5.02. The van der Waals surface area contributed by atoms with Crippen molar-refractivity contribution < 1.29 is 23.8 Å². The summed E-state index contributed by atoms with van der Waals surface area (Å²) in [6.07, 6.45) is 0.769. The van der Waals surface area contributed by atoms with Crippen LogP contribution in [0.2, 0.25) is 5.02 Å². The normalized spacial score (nSPS) is 15.7. The highest BCUT2D eigenvalue weighted by molar-refractivity contribution is 6.32. The van der Waals surface area contributed by atoms with Crippen molar-refractivity contribution in [1.29, 1.82) is 0 Å². The number of halogens is 1. The van der Waals surface area contributed by atoms with Gasteiger partial charge in [0.05, 0.1) is 24.9 Å². The van der Waals surface area contributed by atoms with Crippen molar-refractivity contribution in [2.75, 3.05) is 26.1 Å². The zero-order valence-corrected chi connectivity index (χ0v) is 17.1. The number of methoxy groups -OCH3 is 2. The van der Waals surface area contributed by atoms with E-state index in [1.54, 1.807) is 12.1 Å². The predicted molar refractivity (Wildman–Crippen MR) is 110 cm³/mol. The van der Waals surface area contributed by atoms with Crippen molar-refractivity contribution in [3.05, 3.63) is 53.1 Å². The number of anilines is 1. The second-order valence-corrected chi connectivity index (χ2v) is 6.98. The molecule has 1 aliphatic rings. The molecule has 0 aromatic heterocycles. The maximum absolute atomic E-state index is 12.9. The van der Waals surface area contributed by atoms with Crippen LogP contribution in [0.15, 0.2) is 42.5 Å². The van der Waals surface area contributed by atoms with Gasteiger partial charge >= 0.3 is 6.09 Å². The third kappa shape index (κ3) is 4.92. The van der Waals surface area contributed by atoms with Gasteiger partial charge in [-0.05, 0) is 18.4 Å². The first kappa shape index (κ1) is 20.8. The summed E-state index contributed by atoms with van der Waals surface area (Å²) in [5.41, 5.74) is 1.31. The van der Waals surface area contributed by atoms with E-state index < -0.39 is 12.1 Å². The van der Waals surface area contributed by atoms with E-state index in [2.05, 4.69) is 5.32 Å². The largest absolute Gasteiger partial charge is 0.495 e. The molecule has 1 heterocycles. The molecule has 1 aliphatic heterocycles. The molecule has 2 aromatic rings. The molecule has 0 aliphatic carbocycles. The smallest absolute Gasteiger partial charge is 0.410 e. The van der Waals surface area contributed by atoms with E-state index in [-0.39, 0.29) is 12.5 Å². The third-order valence-electron chi connectivity index (χ3n) is 4.73. The summed E-state index contributed by atoms with van der Waals surface area (Å²) in [5.74, 6) is 0.496. The lowest BCUT2D eigenvalue weighted by Gasteiger charge is -2.24. The Morgan fingerprint density at radius 3 is 2.55 bits per heavy atom. The molecule has 0 spiro atoms. The van der Waals surface area contributed by atoms with E-state index in [9.17, 15) is 9.59 Å². The van der Waals surface area contributed by atoms with E-state index in [1.807, 2.05) is 30.3 Å². The molecule has 1 saturated heterocycles. The van der Waals surface area contributed by atoms with Gasteiger partial charge in [-0.2, -0.15) is 0 Å². The SMILES string of the molecule is COc1cc(NC(=O)C2CCCN2C(=O)OCc2ccccc2)c(OC)cc1Cl. The number of carbonyl (C=O) groups is 2. The number of hydrogen-bond donors (Lipinski definition) is 1. The van der Waals surface area contributed by atoms with Crippen molar-refractivity contribution in [2.45, 2.75) is 25.5 Å². The van der Waals surface area contributed by atoms with Gasteiger partial charge < -0.3 is 19.5 Å². The second kappa shape index (κ2) is 9.52. The van der Waals surface area contributed by atoms with Gasteiger partial charge in [0.1, 0.15) is 24.1 Å². The molecular weight excluding hydrogens is 396 g/mol. The Hall–Kier alpha value is -2.93. The molecule has 8 heteroatoms. The highest BCUT2D eigenvalue weighted by Crippen LogP contribution is 2.36. The van der Waals surface area contributed by atoms with E-state index in [0.717, 1.165) is 12.0 Å². The molecule has 154 valence electrons. The summed E-state index contributed by atoms with van der Waals surface area (Å²) in [6.45, 7) is 0.625. The standard InChI is InChI=1S/C21H23ClN2O5/c1-27-18-12-16(19(28-2)11-15(18)22)23-20(25)17-9-6-10-24(17)21(26)29-13-14-7-4-3-5-8-14/h3-5,7-8,11-12,17H,6,9-10,13H2,1-2H3,(H,23,25). The summed E-state index contributed by atoms with van der Waals surface area (Å²) in [6, 6.07) is 11.9. The number of nitrogens with zero attached hydrogens (tertiary/aromatic N) is 1. The van der Waals surface area contributed by atoms with Crippen molar-refractivity contribution in [1.82, 2.24) is 4.90 Å². The lowest BCUT2D eigenvalue weighted by molar-refractivity contribution is -0.120. The molecule has 1 atom stereocenters. The second-order valence-electron chi connectivity index (χ2n) is 6.57. The number of carbonyl (C=O) groups excluding carboxylic acids is 2. The Balaban J connectivity index is 1.67. The maximum atomic E-state index is 12.9. The minimum Gasteiger partial charge on any atom is -0.495 e. The zero-order valence-electron chi connectivity index (χ0n) is 16.3. The fraction of sp³-hybridized carbons (Fsp3) is 0.333. The van der Waals surface area contributed by atoms with Gasteiger partial charge in [-0.25, -0.2) is 4.79 Å². The van der Waals surface area contributed by atoms with Gasteiger partial charge in [0.25, 0.3) is 0 Å². The van der Waals surface area contributed by atoms with Crippen molar-refractivity contribution in [2.24, 2.45) is 0 Å². The number of amides is 2. The average molecular weight is 419 g/mol. The van der Waals surface area contributed by atoms with Crippen LogP contribution in [0.1, 0.15) is 18.4 Å². The highest BCUT2D eigenvalue weighted by Gasteiger charge is 2.35. The Bertz CT molecular complexity index is 875. The first-order chi connectivity index (χ1) is 14.0. The van der Waals surface area contributed by atoms with Crippen LogP contribution in [0.3, 0.4) is 0 Å². The van der Waals surface area contributed by atoms with Gasteiger partial charge in [0, 0.05) is 18.7 Å². The van der Waals surface area contributed by atoms with E-state index in [1.165, 1.54) is 19.1 Å². The highest BCUT2D eigenvalue weighted by atomic mass is 35.5. The molecule has 1 fully saturated rings. The van der Waals surface area contributed by atoms with Crippen LogP contribution in [0.5, 0.6) is 11.5 Å². The maximum Gasteiger partial charge on any atom is 0.410 e. The van der Waals surface area contributed by atoms with Crippen LogP contribution in [-0.4, -0.2) is 43.7 Å². The van der Waals surface area contributed by atoms with Crippen LogP contribution >= 0.6 is 11.6 Å². The number of rotatable bonds is 6. The lowest BCUT2D eigenvalue weighted by atomic mass is 10.2. The summed E-state index contributed by atoms with van der Waals surface area (Å²) >= 11 is 6.11. The topological polar surface area (TPSA) is 77.1 Å². The summed E-state index contributed by atoms with van der Waals surface area (Å²) in [5, 5.41) is 3.18. The lowest BCUT2D eigenvalue weighted by Crippen LogP contribution is -2.43. The van der Waals surface area contributed by atoms with Crippen LogP contribution < -0.4 is 14.8 Å². The summed E-state index contributed by atoms with van der Waals surface area (Å²) in [7, 11) is 2.97. The number of benzene rings is 2. The van der Waals surface area contributed by atoms with Crippen molar-refractivity contribution in [3.8, 4) is 11.5 Å². The first-order valence-electron chi connectivity index (χ1n) is 9.23. The van der Waals surface area contributed by atoms with Crippen molar-refractivity contribution in [3.63, 3.8) is 0 Å². The average Bonchev–Trinajstić information content (AvgIpc) is 3.24. The monoisotopic (exact) mass is 418 g/mol. The number of hydrogen-bond acceptors (Lipinski definition) is 5. The van der Waals surface area contributed by atoms with Gasteiger partial charge in [0.2, 0.25) is 5.91 Å². The number of nitrogens with one attached hydrogen (secondary N) is 1.